The minimum absolute atomic E-state index is 1.14. The molecule has 0 aliphatic rings. The number of rotatable bonds is 5. The lowest BCUT2D eigenvalue weighted by Crippen LogP contribution is -2.12. The van der Waals surface area contributed by atoms with Crippen molar-refractivity contribution in [2.75, 3.05) is 4.90 Å². The molecule has 9 aromatic rings. The third-order valence-corrected chi connectivity index (χ3v) is 11.1. The lowest BCUT2D eigenvalue weighted by atomic mass is 9.98. The lowest BCUT2D eigenvalue weighted by Gasteiger charge is -2.29. The van der Waals surface area contributed by atoms with Crippen LogP contribution in [-0.4, -0.2) is 0 Å². The molecule has 0 unspecified atom stereocenters. The van der Waals surface area contributed by atoms with Gasteiger partial charge >= 0.3 is 0 Å². The fraction of sp³-hybridized carbons (Fsp3) is 0. The molecule has 212 valence electrons. The fourth-order valence-corrected chi connectivity index (χ4v) is 9.05. The zero-order chi connectivity index (χ0) is 29.7. The summed E-state index contributed by atoms with van der Waals surface area (Å²) in [6.07, 6.45) is 0. The second-order valence-electron chi connectivity index (χ2n) is 11.3. The van der Waals surface area contributed by atoms with E-state index in [0.29, 0.717) is 0 Å². The first-order chi connectivity index (χ1) is 22.3. The molecule has 45 heavy (non-hydrogen) atoms. The highest BCUT2D eigenvalue weighted by Gasteiger charge is 2.25. The van der Waals surface area contributed by atoms with E-state index in [0.717, 1.165) is 5.69 Å². The number of nitrogens with zero attached hydrogens (tertiary/aromatic N) is 1. The van der Waals surface area contributed by atoms with Crippen LogP contribution in [-0.2, 0) is 0 Å². The predicted octanol–water partition coefficient (Wildman–Crippen LogP) is 13.2. The Hall–Kier alpha value is -5.22. The van der Waals surface area contributed by atoms with Crippen LogP contribution in [0.25, 0.3) is 62.6 Å². The summed E-state index contributed by atoms with van der Waals surface area (Å²) in [6, 6.07) is 59.6. The van der Waals surface area contributed by atoms with Crippen LogP contribution < -0.4 is 4.90 Å². The van der Waals surface area contributed by atoms with Gasteiger partial charge < -0.3 is 4.90 Å². The summed E-state index contributed by atoms with van der Waals surface area (Å²) < 4.78 is 5.19. The number of thiophene rings is 2. The van der Waals surface area contributed by atoms with Crippen molar-refractivity contribution in [2.45, 2.75) is 0 Å². The molecule has 9 rings (SSSR count). The van der Waals surface area contributed by atoms with Crippen LogP contribution in [0, 0.1) is 0 Å². The van der Waals surface area contributed by atoms with Crippen LogP contribution >= 0.6 is 22.7 Å². The van der Waals surface area contributed by atoms with Crippen molar-refractivity contribution in [1.82, 2.24) is 0 Å². The van der Waals surface area contributed by atoms with E-state index < -0.39 is 0 Å². The van der Waals surface area contributed by atoms with Gasteiger partial charge in [-0.15, -0.1) is 22.7 Å². The van der Waals surface area contributed by atoms with Crippen LogP contribution in [0.1, 0.15) is 0 Å². The first-order valence-electron chi connectivity index (χ1n) is 15.2. The summed E-state index contributed by atoms with van der Waals surface area (Å²) in [5.41, 5.74) is 8.39. The van der Waals surface area contributed by atoms with Gasteiger partial charge in [-0.3, -0.25) is 0 Å². The molecular formula is C42H27NS2. The summed E-state index contributed by atoms with van der Waals surface area (Å²) in [7, 11) is 0. The standard InChI is InChI=1S/C42H27NS2/c1-3-13-28(14-4-1)30-17-11-18-31(27-30)43(37-22-12-21-35-33-19-7-9-23-38(33)44-41(35)37)40-32(29-15-5-2-6-16-29)25-26-36-34-20-8-10-24-39(34)45-42(36)40/h1-27H. The number of benzene rings is 7. The van der Waals surface area contributed by atoms with Gasteiger partial charge in [0.25, 0.3) is 0 Å². The molecule has 2 aromatic heterocycles. The van der Waals surface area contributed by atoms with Gasteiger partial charge in [-0.05, 0) is 47.0 Å². The summed E-state index contributed by atoms with van der Waals surface area (Å²) >= 11 is 3.77. The number of hydrogen-bond acceptors (Lipinski definition) is 3. The molecule has 0 radical (unpaired) electrons. The average molecular weight is 610 g/mol. The Bertz CT molecular complexity index is 2490. The lowest BCUT2D eigenvalue weighted by molar-refractivity contribution is 1.32. The Labute approximate surface area is 269 Å². The van der Waals surface area contributed by atoms with Crippen LogP contribution in [0.4, 0.5) is 17.1 Å². The SMILES string of the molecule is c1ccc(-c2cccc(N(c3cccc4c3sc3ccccc34)c3c(-c4ccccc4)ccc4c3sc3ccccc34)c2)cc1. The molecule has 0 fully saturated rings. The maximum Gasteiger partial charge on any atom is 0.0719 e. The quantitative estimate of drug-likeness (QED) is 0.188. The summed E-state index contributed by atoms with van der Waals surface area (Å²) in [5.74, 6) is 0. The van der Waals surface area contributed by atoms with Crippen molar-refractivity contribution in [3.05, 3.63) is 164 Å². The minimum Gasteiger partial charge on any atom is -0.307 e. The third kappa shape index (κ3) is 4.35. The first kappa shape index (κ1) is 26.2. The third-order valence-electron chi connectivity index (χ3n) is 8.67. The molecule has 0 aliphatic heterocycles. The predicted molar refractivity (Wildman–Crippen MR) is 198 cm³/mol. The Balaban J connectivity index is 1.42. The Morgan fingerprint density at radius 3 is 1.67 bits per heavy atom. The summed E-state index contributed by atoms with van der Waals surface area (Å²) in [5, 5.41) is 5.19. The minimum atomic E-state index is 1.14. The number of fused-ring (bicyclic) bond motifs is 6. The highest BCUT2D eigenvalue weighted by molar-refractivity contribution is 7.27. The molecule has 0 atom stereocenters. The second kappa shape index (κ2) is 10.7. The van der Waals surface area contributed by atoms with Crippen molar-refractivity contribution in [3.63, 3.8) is 0 Å². The Morgan fingerprint density at radius 1 is 0.378 bits per heavy atom. The van der Waals surface area contributed by atoms with Crippen LogP contribution in [0.3, 0.4) is 0 Å². The van der Waals surface area contributed by atoms with E-state index in [1.54, 1.807) is 0 Å². The molecule has 0 saturated heterocycles. The van der Waals surface area contributed by atoms with Gasteiger partial charge in [-0.1, -0.05) is 133 Å². The maximum absolute atomic E-state index is 2.53. The highest BCUT2D eigenvalue weighted by atomic mass is 32.1. The van der Waals surface area contributed by atoms with Gasteiger partial charge in [-0.25, -0.2) is 0 Å². The van der Waals surface area contributed by atoms with Crippen molar-refractivity contribution in [1.29, 1.82) is 0 Å². The molecule has 1 nitrogen and oxygen atoms in total. The number of anilines is 3. The molecule has 0 amide bonds. The van der Waals surface area contributed by atoms with Crippen LogP contribution in [0.15, 0.2) is 164 Å². The smallest absolute Gasteiger partial charge is 0.0719 e. The zero-order valence-corrected chi connectivity index (χ0v) is 26.0. The largest absolute Gasteiger partial charge is 0.307 e. The van der Waals surface area contributed by atoms with Gasteiger partial charge in [0.15, 0.2) is 0 Å². The molecule has 0 spiro atoms. The topological polar surface area (TPSA) is 3.24 Å². The maximum atomic E-state index is 2.53. The summed E-state index contributed by atoms with van der Waals surface area (Å²) in [4.78, 5) is 2.53. The van der Waals surface area contributed by atoms with Crippen LogP contribution in [0.5, 0.6) is 0 Å². The second-order valence-corrected chi connectivity index (χ2v) is 13.4. The molecular weight excluding hydrogens is 583 g/mol. The van der Waals surface area contributed by atoms with Crippen LogP contribution in [0.2, 0.25) is 0 Å². The van der Waals surface area contributed by atoms with E-state index in [-0.39, 0.29) is 0 Å². The zero-order valence-electron chi connectivity index (χ0n) is 24.4. The normalized spacial score (nSPS) is 11.6. The molecule has 3 heteroatoms. The van der Waals surface area contributed by atoms with Crippen molar-refractivity contribution >= 4 is 80.1 Å². The van der Waals surface area contributed by atoms with Gasteiger partial charge in [0, 0.05) is 42.2 Å². The van der Waals surface area contributed by atoms with E-state index in [1.807, 2.05) is 22.7 Å². The molecule has 0 saturated carbocycles. The van der Waals surface area contributed by atoms with E-state index >= 15 is 0 Å². The van der Waals surface area contributed by atoms with Gasteiger partial charge in [0.2, 0.25) is 0 Å². The molecule has 0 aliphatic carbocycles. The first-order valence-corrected chi connectivity index (χ1v) is 16.8. The van der Waals surface area contributed by atoms with Crippen molar-refractivity contribution in [3.8, 4) is 22.3 Å². The van der Waals surface area contributed by atoms with E-state index in [4.69, 9.17) is 0 Å². The summed E-state index contributed by atoms with van der Waals surface area (Å²) in [6.45, 7) is 0. The highest BCUT2D eigenvalue weighted by Crippen LogP contribution is 2.52. The van der Waals surface area contributed by atoms with Gasteiger partial charge in [-0.2, -0.15) is 0 Å². The van der Waals surface area contributed by atoms with E-state index in [2.05, 4.69) is 169 Å². The van der Waals surface area contributed by atoms with Crippen molar-refractivity contribution in [2.24, 2.45) is 0 Å². The number of hydrogen-bond donors (Lipinski definition) is 0. The Morgan fingerprint density at radius 2 is 0.933 bits per heavy atom. The fourth-order valence-electron chi connectivity index (χ4n) is 6.60. The van der Waals surface area contributed by atoms with E-state index in [9.17, 15) is 0 Å². The van der Waals surface area contributed by atoms with Crippen molar-refractivity contribution < 1.29 is 0 Å². The molecule has 0 N–H and O–H groups in total. The monoisotopic (exact) mass is 609 g/mol. The average Bonchev–Trinajstić information content (AvgIpc) is 3.69. The molecule has 0 bridgehead atoms. The van der Waals surface area contributed by atoms with Gasteiger partial charge in [0.1, 0.15) is 0 Å². The Kier molecular flexibility index (Phi) is 6.26. The van der Waals surface area contributed by atoms with Gasteiger partial charge in [0.05, 0.1) is 20.8 Å². The molecule has 7 aromatic carbocycles. The van der Waals surface area contributed by atoms with E-state index in [1.165, 1.54) is 74.0 Å². The molecule has 2 heterocycles.